The van der Waals surface area contributed by atoms with Gasteiger partial charge in [0.2, 0.25) is 0 Å². The van der Waals surface area contributed by atoms with Crippen LogP contribution in [0.25, 0.3) is 12.2 Å². The van der Waals surface area contributed by atoms with Crippen molar-refractivity contribution in [3.63, 3.8) is 0 Å². The van der Waals surface area contributed by atoms with E-state index in [1.807, 2.05) is 0 Å². The summed E-state index contributed by atoms with van der Waals surface area (Å²) in [6.07, 6.45) is 7.24. The van der Waals surface area contributed by atoms with Gasteiger partial charge in [0, 0.05) is 0 Å². The maximum Gasteiger partial charge on any atom is -1.00 e. The first-order valence-corrected chi connectivity index (χ1v) is 12.3. The molecule has 0 spiro atoms. The van der Waals surface area contributed by atoms with Crippen LogP contribution in [0.5, 0.6) is 0 Å². The molecule has 3 heteroatoms. The van der Waals surface area contributed by atoms with Gasteiger partial charge in [-0.05, 0) is 0 Å². The van der Waals surface area contributed by atoms with Crippen molar-refractivity contribution >= 4 is 12.2 Å². The summed E-state index contributed by atoms with van der Waals surface area (Å²) in [6, 6.07) is 13.9. The van der Waals surface area contributed by atoms with Crippen molar-refractivity contribution in [3.8, 4) is 0 Å². The molecule has 140 valence electrons. The number of fused-ring (bicyclic) bond motifs is 2. The molecule has 0 fully saturated rings. The van der Waals surface area contributed by atoms with Crippen LogP contribution in [-0.2, 0) is 36.1 Å². The van der Waals surface area contributed by atoms with Crippen molar-refractivity contribution in [2.75, 3.05) is 0 Å². The Hall–Kier alpha value is -1.34. The molecule has 0 radical (unpaired) electrons. The zero-order valence-electron chi connectivity index (χ0n) is 16.4. The molecule has 0 aromatic heterocycles. The van der Waals surface area contributed by atoms with Gasteiger partial charge >= 0.3 is 164 Å². The molecule has 0 saturated heterocycles. The molecule has 0 bridgehead atoms. The summed E-state index contributed by atoms with van der Waals surface area (Å²) in [4.78, 5) is 0. The van der Waals surface area contributed by atoms with Gasteiger partial charge in [-0.25, -0.2) is 0 Å². The third kappa shape index (κ3) is 3.68. The van der Waals surface area contributed by atoms with E-state index in [0.717, 1.165) is 20.1 Å². The molecule has 0 saturated carbocycles. The van der Waals surface area contributed by atoms with Crippen molar-refractivity contribution in [2.45, 2.75) is 47.8 Å². The summed E-state index contributed by atoms with van der Waals surface area (Å²) < 4.78 is 1.46. The number of allylic oxidation sites excluding steroid dienone is 2. The second-order valence-corrected chi connectivity index (χ2v) is 11.0. The Kier molecular flexibility index (Phi) is 7.14. The molecule has 0 nitrogen and oxygen atoms in total. The van der Waals surface area contributed by atoms with Crippen molar-refractivity contribution < 1.29 is 32.6 Å². The fourth-order valence-electron chi connectivity index (χ4n) is 4.46. The summed E-state index contributed by atoms with van der Waals surface area (Å²) in [5.41, 5.74) is 12.6. The Bertz CT molecular complexity index is 822. The molecule has 2 aromatic rings. The first kappa shape index (κ1) is 22.0. The van der Waals surface area contributed by atoms with Crippen LogP contribution in [0.15, 0.2) is 47.5 Å². The van der Waals surface area contributed by atoms with Crippen molar-refractivity contribution in [3.05, 3.63) is 80.9 Å². The summed E-state index contributed by atoms with van der Waals surface area (Å²) in [7, 11) is 0. The minimum atomic E-state index is -0.675. The molecule has 2 aliphatic rings. The zero-order valence-corrected chi connectivity index (χ0v) is 18.9. The minimum absolute atomic E-state index is 0. The van der Waals surface area contributed by atoms with E-state index in [2.05, 4.69) is 76.2 Å². The van der Waals surface area contributed by atoms with Crippen LogP contribution in [-0.4, -0.2) is 0 Å². The molecular weight excluding hydrogens is 417 g/mol. The molecule has 0 aliphatic heterocycles. The first-order chi connectivity index (χ1) is 12.1. The Morgan fingerprint density at radius 2 is 1.11 bits per heavy atom. The average Bonchev–Trinajstić information content (AvgIpc) is 3.12. The van der Waals surface area contributed by atoms with Gasteiger partial charge in [-0.15, -0.1) is 0 Å². The zero-order chi connectivity index (χ0) is 17.6. The molecular formula is C24H26F2Zr. The normalized spacial score (nSPS) is 19.1. The first-order valence-electron chi connectivity index (χ1n) is 9.50. The quantitative estimate of drug-likeness (QED) is 0.646. The predicted octanol–water partition coefficient (Wildman–Crippen LogP) is 0.518. The summed E-state index contributed by atoms with van der Waals surface area (Å²) in [6.45, 7) is 9.28. The van der Waals surface area contributed by atoms with E-state index in [1.54, 1.807) is 22.3 Å². The number of halogens is 2. The topological polar surface area (TPSA) is 0 Å². The standard InChI is InChI=1S/2C12H13.2FH.Zr/c2*1-3-10-5-4-6-11-7-9(2)8-12(10)11;;;/h2*4-8H,3H2,1-2H3;2*1H;/q;;;;+2/p-2. The van der Waals surface area contributed by atoms with E-state index < -0.39 is 23.2 Å². The van der Waals surface area contributed by atoms with Gasteiger partial charge in [-0.1, -0.05) is 0 Å². The van der Waals surface area contributed by atoms with Gasteiger partial charge in [0.1, 0.15) is 0 Å². The Labute approximate surface area is 173 Å². The van der Waals surface area contributed by atoms with Gasteiger partial charge in [0.05, 0.1) is 0 Å². The summed E-state index contributed by atoms with van der Waals surface area (Å²) in [5.74, 6) is 0. The van der Waals surface area contributed by atoms with Crippen LogP contribution in [0, 0.1) is 0 Å². The minimum Gasteiger partial charge on any atom is -1.00 e. The Morgan fingerprint density at radius 1 is 0.704 bits per heavy atom. The van der Waals surface area contributed by atoms with Gasteiger partial charge in [0.15, 0.2) is 0 Å². The third-order valence-corrected chi connectivity index (χ3v) is 11.2. The molecule has 0 amide bonds. The monoisotopic (exact) mass is 442 g/mol. The van der Waals surface area contributed by atoms with E-state index >= 15 is 0 Å². The van der Waals surface area contributed by atoms with E-state index in [0.29, 0.717) is 0 Å². The van der Waals surface area contributed by atoms with Gasteiger partial charge in [-0.3, -0.25) is 0 Å². The number of rotatable bonds is 4. The van der Waals surface area contributed by atoms with Crippen LogP contribution < -0.4 is 9.41 Å². The van der Waals surface area contributed by atoms with Crippen LogP contribution in [0.3, 0.4) is 0 Å². The second-order valence-electron chi connectivity index (χ2n) is 7.36. The van der Waals surface area contributed by atoms with Crippen LogP contribution in [0.1, 0.15) is 68.3 Å². The van der Waals surface area contributed by atoms with Crippen molar-refractivity contribution in [1.29, 1.82) is 0 Å². The van der Waals surface area contributed by atoms with E-state index in [-0.39, 0.29) is 9.41 Å². The number of aryl methyl sites for hydroxylation is 2. The number of hydrogen-bond donors (Lipinski definition) is 0. The molecule has 2 aliphatic carbocycles. The molecule has 0 heterocycles. The largest absolute Gasteiger partial charge is 1.00 e. The van der Waals surface area contributed by atoms with Gasteiger partial charge in [0.25, 0.3) is 0 Å². The second kappa shape index (κ2) is 8.78. The smallest absolute Gasteiger partial charge is 1.00 e. The van der Waals surface area contributed by atoms with Crippen molar-refractivity contribution in [2.24, 2.45) is 0 Å². The predicted molar refractivity (Wildman–Crippen MR) is 104 cm³/mol. The van der Waals surface area contributed by atoms with Crippen LogP contribution >= 0.6 is 0 Å². The SMILES string of the molecule is CCc1cccc2c1C=C(C)[CH]2[Zr+2][CH]1C(C)=Cc2c(CC)cccc21.[F-].[F-]. The van der Waals surface area contributed by atoms with E-state index in [9.17, 15) is 0 Å². The maximum absolute atomic E-state index is 2.48. The molecule has 27 heavy (non-hydrogen) atoms. The van der Waals surface area contributed by atoms with E-state index in [1.165, 1.54) is 22.3 Å². The third-order valence-electron chi connectivity index (χ3n) is 5.83. The fraction of sp³-hybridized carbons (Fsp3) is 0.333. The average molecular weight is 444 g/mol. The Balaban J connectivity index is 0.00000131. The molecule has 0 N–H and O–H groups in total. The molecule has 2 atom stereocenters. The van der Waals surface area contributed by atoms with Gasteiger partial charge < -0.3 is 9.41 Å². The number of hydrogen-bond acceptors (Lipinski definition) is 0. The molecule has 4 rings (SSSR count). The summed E-state index contributed by atoms with van der Waals surface area (Å²) in [5, 5.41) is 0. The Morgan fingerprint density at radius 3 is 1.48 bits per heavy atom. The maximum atomic E-state index is 2.48. The number of benzene rings is 2. The summed E-state index contributed by atoms with van der Waals surface area (Å²) >= 11 is -0.675. The van der Waals surface area contributed by atoms with Gasteiger partial charge in [-0.2, -0.15) is 0 Å². The van der Waals surface area contributed by atoms with E-state index in [4.69, 9.17) is 0 Å². The van der Waals surface area contributed by atoms with Crippen LogP contribution in [0.4, 0.5) is 0 Å². The molecule has 2 aromatic carbocycles. The van der Waals surface area contributed by atoms with Crippen molar-refractivity contribution in [1.82, 2.24) is 0 Å². The molecule has 2 unspecified atom stereocenters. The fourth-order valence-corrected chi connectivity index (χ4v) is 9.10. The van der Waals surface area contributed by atoms with Crippen LogP contribution in [0.2, 0.25) is 0 Å².